The van der Waals surface area contributed by atoms with Gasteiger partial charge in [0.05, 0.1) is 16.3 Å². The summed E-state index contributed by atoms with van der Waals surface area (Å²) in [5.74, 6) is 2.11. The number of aryl methyl sites for hydroxylation is 1. The van der Waals surface area contributed by atoms with Gasteiger partial charge in [0.25, 0.3) is 0 Å². The third kappa shape index (κ3) is 3.52. The molecule has 0 fully saturated rings. The quantitative estimate of drug-likeness (QED) is 0.313. The Morgan fingerprint density at radius 3 is 1.95 bits per heavy atom. The number of hydrogen-bond donors (Lipinski definition) is 0. The van der Waals surface area contributed by atoms with Gasteiger partial charge in [-0.15, -0.1) is 23.5 Å². The second kappa shape index (κ2) is 8.28. The van der Waals surface area contributed by atoms with Gasteiger partial charge in [-0.3, -0.25) is 0 Å². The molecular formula is C32H36N2O2S2. The number of nitrogens with zero attached hydrogens (tertiary/aromatic N) is 2. The van der Waals surface area contributed by atoms with E-state index in [0.717, 1.165) is 31.0 Å². The zero-order valence-electron chi connectivity index (χ0n) is 23.4. The molecule has 0 atom stereocenters. The molecule has 4 nitrogen and oxygen atoms in total. The molecule has 0 radical (unpaired) electrons. The Hall–Kier alpha value is -2.44. The van der Waals surface area contributed by atoms with E-state index < -0.39 is 0 Å². The lowest BCUT2D eigenvalue weighted by molar-refractivity contribution is 0.284. The first-order valence-corrected chi connectivity index (χ1v) is 15.9. The molecule has 0 saturated heterocycles. The van der Waals surface area contributed by atoms with Crippen LogP contribution in [0.5, 0.6) is 11.5 Å². The van der Waals surface area contributed by atoms with Crippen molar-refractivity contribution < 1.29 is 9.47 Å². The molecule has 2 aliphatic carbocycles. The molecule has 3 aromatic rings. The maximum Gasteiger partial charge on any atom is 0.161 e. The fourth-order valence-electron chi connectivity index (χ4n) is 6.80. The molecule has 0 saturated carbocycles. The van der Waals surface area contributed by atoms with Gasteiger partial charge in [-0.2, -0.15) is 0 Å². The smallest absolute Gasteiger partial charge is 0.161 e. The van der Waals surface area contributed by atoms with Gasteiger partial charge in [0, 0.05) is 34.5 Å². The van der Waals surface area contributed by atoms with Crippen LogP contribution >= 0.6 is 23.5 Å². The van der Waals surface area contributed by atoms with E-state index in [-0.39, 0.29) is 10.8 Å². The van der Waals surface area contributed by atoms with Crippen LogP contribution in [0.25, 0.3) is 0 Å². The van der Waals surface area contributed by atoms with Crippen LogP contribution in [0, 0.1) is 6.92 Å². The van der Waals surface area contributed by atoms with Gasteiger partial charge in [-0.25, -0.2) is 0 Å². The molecule has 0 N–H and O–H groups in total. The van der Waals surface area contributed by atoms with Crippen molar-refractivity contribution in [2.75, 3.05) is 35.8 Å². The molecule has 2 heterocycles. The van der Waals surface area contributed by atoms with Gasteiger partial charge in [0.15, 0.2) is 13.5 Å². The molecule has 3 aromatic carbocycles. The van der Waals surface area contributed by atoms with Crippen LogP contribution in [0.4, 0.5) is 11.4 Å². The highest BCUT2D eigenvalue weighted by Crippen LogP contribution is 2.54. The van der Waals surface area contributed by atoms with Crippen LogP contribution in [-0.2, 0) is 30.3 Å². The third-order valence-electron chi connectivity index (χ3n) is 9.05. The molecule has 0 unspecified atom stereocenters. The van der Waals surface area contributed by atoms with E-state index >= 15 is 0 Å². The van der Waals surface area contributed by atoms with Crippen LogP contribution in [0.3, 0.4) is 0 Å². The van der Waals surface area contributed by atoms with Crippen molar-refractivity contribution in [2.24, 2.45) is 0 Å². The molecule has 0 spiro atoms. The Bertz CT molecular complexity index is 1510. The van der Waals surface area contributed by atoms with E-state index in [4.69, 9.17) is 9.47 Å². The molecule has 198 valence electrons. The summed E-state index contributed by atoms with van der Waals surface area (Å²) in [5.41, 5.74) is 12.7. The summed E-state index contributed by atoms with van der Waals surface area (Å²) in [6, 6.07) is 11.7. The van der Waals surface area contributed by atoms with Crippen LogP contribution in [-0.4, -0.2) is 26.0 Å². The zero-order valence-corrected chi connectivity index (χ0v) is 25.1. The highest BCUT2D eigenvalue weighted by atomic mass is 32.2. The number of thioether (sulfide) groups is 2. The lowest BCUT2D eigenvalue weighted by Crippen LogP contribution is -2.37. The summed E-state index contributed by atoms with van der Waals surface area (Å²) in [6.07, 6.45) is 5.52. The Labute approximate surface area is 235 Å². The maximum atomic E-state index is 6.38. The number of rotatable bonds is 4. The number of anilines is 2. The molecule has 6 heteroatoms. The molecular weight excluding hydrogens is 508 g/mol. The maximum absolute atomic E-state index is 6.38. The summed E-state index contributed by atoms with van der Waals surface area (Å²) < 4.78 is 12.8. The highest BCUT2D eigenvalue weighted by Gasteiger charge is 2.43. The topological polar surface area (TPSA) is 24.9 Å². The van der Waals surface area contributed by atoms with Gasteiger partial charge in [-0.05, 0) is 89.4 Å². The first-order chi connectivity index (χ1) is 18.1. The van der Waals surface area contributed by atoms with E-state index in [1.807, 2.05) is 23.5 Å². The number of benzene rings is 3. The fraction of sp³-hybridized carbons (Fsp3) is 0.438. The zero-order chi connectivity index (χ0) is 26.6. The van der Waals surface area contributed by atoms with E-state index in [1.165, 1.54) is 60.1 Å². The number of hydrogen-bond acceptors (Lipinski definition) is 6. The normalized spacial score (nSPS) is 19.3. The Morgan fingerprint density at radius 2 is 1.32 bits per heavy atom. The van der Waals surface area contributed by atoms with Gasteiger partial charge in [0.2, 0.25) is 0 Å². The van der Waals surface area contributed by atoms with Crippen LogP contribution in [0.1, 0.15) is 66.6 Å². The average Bonchev–Trinajstić information content (AvgIpc) is 3.43. The van der Waals surface area contributed by atoms with Gasteiger partial charge < -0.3 is 19.3 Å². The van der Waals surface area contributed by atoms with E-state index in [1.54, 1.807) is 0 Å². The fourth-order valence-corrected chi connectivity index (χ4v) is 8.50. The van der Waals surface area contributed by atoms with Crippen molar-refractivity contribution in [3.63, 3.8) is 0 Å². The number of ether oxygens (including phenoxy) is 2. The summed E-state index contributed by atoms with van der Waals surface area (Å²) in [5, 5.41) is 0. The predicted octanol–water partition coefficient (Wildman–Crippen LogP) is 7.62. The largest absolute Gasteiger partial charge is 0.473 e. The van der Waals surface area contributed by atoms with Gasteiger partial charge in [0.1, 0.15) is 11.5 Å². The summed E-state index contributed by atoms with van der Waals surface area (Å²) in [7, 11) is 0. The van der Waals surface area contributed by atoms with Crippen LogP contribution in [0.15, 0.2) is 40.1 Å². The Kier molecular flexibility index (Phi) is 5.36. The molecule has 0 amide bonds. The van der Waals surface area contributed by atoms with Gasteiger partial charge in [-0.1, -0.05) is 27.7 Å². The monoisotopic (exact) mass is 544 g/mol. The molecule has 2 aliphatic heterocycles. The minimum atomic E-state index is 0.193. The minimum Gasteiger partial charge on any atom is -0.473 e. The van der Waals surface area contributed by atoms with Crippen LogP contribution < -0.4 is 19.3 Å². The van der Waals surface area contributed by atoms with Crippen molar-refractivity contribution in [1.82, 2.24) is 0 Å². The summed E-state index contributed by atoms with van der Waals surface area (Å²) >= 11 is 3.66. The summed E-state index contributed by atoms with van der Waals surface area (Å²) in [4.78, 5) is 7.46. The first kappa shape index (κ1) is 24.6. The SMILES string of the molecule is CSc1cc(C)c(N2COc3cc4c(cc3C2)C(C)(C)C4)c(SC)c1N1COc2cc3c(cc2C1)C3(C)C. The second-order valence-corrected chi connectivity index (χ2v) is 14.0. The van der Waals surface area contributed by atoms with Gasteiger partial charge >= 0.3 is 0 Å². The molecule has 7 rings (SSSR count). The standard InChI is InChI=1S/C32H36N2O2S2/c1-18-8-27(37-6)29(34-15-21-10-23-24(32(23,4)5)12-26(21)36-17-34)30(38-7)28(18)33-14-20-9-22-19(13-31(22,2)3)11-25(20)35-16-33/h8-12H,13-17H2,1-7H3. The van der Waals surface area contributed by atoms with Crippen LogP contribution in [0.2, 0.25) is 0 Å². The van der Waals surface area contributed by atoms with Crippen molar-refractivity contribution in [3.8, 4) is 11.5 Å². The molecule has 0 aromatic heterocycles. The number of fused-ring (bicyclic) bond motifs is 4. The van der Waals surface area contributed by atoms with Crippen molar-refractivity contribution in [3.05, 3.63) is 69.3 Å². The molecule has 38 heavy (non-hydrogen) atoms. The minimum absolute atomic E-state index is 0.193. The Balaban J connectivity index is 1.26. The van der Waals surface area contributed by atoms with Crippen molar-refractivity contribution >= 4 is 34.9 Å². The van der Waals surface area contributed by atoms with Crippen molar-refractivity contribution in [2.45, 2.75) is 74.7 Å². The third-order valence-corrected chi connectivity index (χ3v) is 10.6. The summed E-state index contributed by atoms with van der Waals surface area (Å²) in [6.45, 7) is 14.4. The average molecular weight is 545 g/mol. The lowest BCUT2D eigenvalue weighted by atomic mass is 9.66. The predicted molar refractivity (Wildman–Crippen MR) is 160 cm³/mol. The Morgan fingerprint density at radius 1 is 0.711 bits per heavy atom. The van der Waals surface area contributed by atoms with E-state index in [0.29, 0.717) is 13.5 Å². The van der Waals surface area contributed by atoms with Crippen molar-refractivity contribution in [1.29, 1.82) is 0 Å². The molecule has 0 bridgehead atoms. The van der Waals surface area contributed by atoms with E-state index in [9.17, 15) is 0 Å². The van der Waals surface area contributed by atoms with E-state index in [2.05, 4.69) is 87.3 Å². The first-order valence-electron chi connectivity index (χ1n) is 13.5. The second-order valence-electron chi connectivity index (χ2n) is 12.4. The highest BCUT2D eigenvalue weighted by molar-refractivity contribution is 7.99. The lowest BCUT2D eigenvalue weighted by Gasteiger charge is -2.41. The molecule has 4 aliphatic rings.